The van der Waals surface area contributed by atoms with Crippen LogP contribution in [-0.4, -0.2) is 23.9 Å². The van der Waals surface area contributed by atoms with Crippen molar-refractivity contribution in [3.05, 3.63) is 34.9 Å². The molecule has 120 valence electrons. The predicted octanol–water partition coefficient (Wildman–Crippen LogP) is 3.30. The number of hydrogen-bond acceptors (Lipinski definition) is 2. The topological polar surface area (TPSA) is 58.2 Å². The Morgan fingerprint density at radius 2 is 1.68 bits per heavy atom. The lowest BCUT2D eigenvalue weighted by Gasteiger charge is -2.20. The predicted molar refractivity (Wildman–Crippen MR) is 88.0 cm³/mol. The molecule has 1 aliphatic carbocycles. The van der Waals surface area contributed by atoms with E-state index in [9.17, 15) is 9.59 Å². The van der Waals surface area contributed by atoms with E-state index < -0.39 is 6.04 Å². The molecule has 2 rings (SSSR count). The molecule has 5 heteroatoms. The minimum atomic E-state index is -0.550. The number of amides is 2. The summed E-state index contributed by atoms with van der Waals surface area (Å²) in [6.45, 7) is 1.71. The maximum atomic E-state index is 12.2. The van der Waals surface area contributed by atoms with Crippen LogP contribution in [0.4, 0.5) is 0 Å². The van der Waals surface area contributed by atoms with Crippen molar-refractivity contribution in [3.8, 4) is 0 Å². The first-order chi connectivity index (χ1) is 10.6. The fraction of sp³-hybridized carbons (Fsp3) is 0.529. The quantitative estimate of drug-likeness (QED) is 0.836. The molecule has 22 heavy (non-hydrogen) atoms. The van der Waals surface area contributed by atoms with Gasteiger partial charge >= 0.3 is 0 Å². The summed E-state index contributed by atoms with van der Waals surface area (Å²) < 4.78 is 0. The maximum absolute atomic E-state index is 12.2. The van der Waals surface area contributed by atoms with Crippen LogP contribution in [0.1, 0.15) is 55.8 Å². The summed E-state index contributed by atoms with van der Waals surface area (Å²) >= 11 is 5.80. The number of carbonyl (C=O) groups is 2. The first kappa shape index (κ1) is 16.8. The molecule has 1 aliphatic rings. The van der Waals surface area contributed by atoms with Crippen LogP contribution in [0, 0.1) is 0 Å². The molecular weight excluding hydrogens is 300 g/mol. The number of rotatable bonds is 4. The zero-order valence-corrected chi connectivity index (χ0v) is 13.7. The van der Waals surface area contributed by atoms with Gasteiger partial charge in [0, 0.05) is 16.6 Å². The lowest BCUT2D eigenvalue weighted by atomic mass is 10.1. The SMILES string of the molecule is C[C@H](NC(=O)c1ccc(Cl)cc1)C(=O)NC1CCCCCC1. The summed E-state index contributed by atoms with van der Waals surface area (Å²) in [7, 11) is 0. The summed E-state index contributed by atoms with van der Waals surface area (Å²) in [6.07, 6.45) is 6.88. The zero-order chi connectivity index (χ0) is 15.9. The average Bonchev–Trinajstić information content (AvgIpc) is 2.76. The van der Waals surface area contributed by atoms with Crippen molar-refractivity contribution in [2.45, 2.75) is 57.5 Å². The molecule has 0 aliphatic heterocycles. The van der Waals surface area contributed by atoms with Gasteiger partial charge in [0.05, 0.1) is 0 Å². The molecule has 1 aromatic carbocycles. The second-order valence-corrected chi connectivity index (χ2v) is 6.34. The Morgan fingerprint density at radius 1 is 1.09 bits per heavy atom. The highest BCUT2D eigenvalue weighted by molar-refractivity contribution is 6.30. The fourth-order valence-electron chi connectivity index (χ4n) is 2.70. The van der Waals surface area contributed by atoms with Gasteiger partial charge in [-0.05, 0) is 44.0 Å². The van der Waals surface area contributed by atoms with Crippen molar-refractivity contribution >= 4 is 23.4 Å². The third-order valence-electron chi connectivity index (χ3n) is 4.05. The van der Waals surface area contributed by atoms with E-state index >= 15 is 0 Å². The minimum Gasteiger partial charge on any atom is -0.352 e. The summed E-state index contributed by atoms with van der Waals surface area (Å²) in [6, 6.07) is 6.30. The van der Waals surface area contributed by atoms with Gasteiger partial charge in [-0.3, -0.25) is 9.59 Å². The highest BCUT2D eigenvalue weighted by Crippen LogP contribution is 2.17. The zero-order valence-electron chi connectivity index (χ0n) is 12.9. The van der Waals surface area contributed by atoms with Crippen molar-refractivity contribution in [1.29, 1.82) is 0 Å². The third kappa shape index (κ3) is 5.02. The van der Waals surface area contributed by atoms with Crippen LogP contribution in [-0.2, 0) is 4.79 Å². The Labute approximate surface area is 136 Å². The van der Waals surface area contributed by atoms with Gasteiger partial charge in [0.15, 0.2) is 0 Å². The van der Waals surface area contributed by atoms with E-state index in [2.05, 4.69) is 10.6 Å². The van der Waals surface area contributed by atoms with Crippen molar-refractivity contribution < 1.29 is 9.59 Å². The molecule has 0 bridgehead atoms. The molecule has 1 fully saturated rings. The van der Waals surface area contributed by atoms with Gasteiger partial charge in [0.1, 0.15) is 6.04 Å². The highest BCUT2D eigenvalue weighted by Gasteiger charge is 2.20. The van der Waals surface area contributed by atoms with Gasteiger partial charge in [-0.2, -0.15) is 0 Å². The molecule has 1 atom stereocenters. The first-order valence-electron chi connectivity index (χ1n) is 7.93. The van der Waals surface area contributed by atoms with Crippen molar-refractivity contribution in [1.82, 2.24) is 10.6 Å². The van der Waals surface area contributed by atoms with E-state index in [1.54, 1.807) is 31.2 Å². The Morgan fingerprint density at radius 3 is 2.27 bits per heavy atom. The van der Waals surface area contributed by atoms with Crippen molar-refractivity contribution in [3.63, 3.8) is 0 Å². The van der Waals surface area contributed by atoms with Crippen LogP contribution in [0.5, 0.6) is 0 Å². The number of hydrogen-bond donors (Lipinski definition) is 2. The van der Waals surface area contributed by atoms with E-state index in [0.29, 0.717) is 10.6 Å². The molecule has 1 saturated carbocycles. The van der Waals surface area contributed by atoms with Crippen LogP contribution in [0.3, 0.4) is 0 Å². The van der Waals surface area contributed by atoms with Crippen molar-refractivity contribution in [2.75, 3.05) is 0 Å². The van der Waals surface area contributed by atoms with Gasteiger partial charge in [-0.15, -0.1) is 0 Å². The molecule has 2 amide bonds. The largest absolute Gasteiger partial charge is 0.352 e. The van der Waals surface area contributed by atoms with E-state index in [1.165, 1.54) is 12.8 Å². The lowest BCUT2D eigenvalue weighted by Crippen LogP contribution is -2.48. The lowest BCUT2D eigenvalue weighted by molar-refractivity contribution is -0.123. The second-order valence-electron chi connectivity index (χ2n) is 5.90. The monoisotopic (exact) mass is 322 g/mol. The first-order valence-corrected chi connectivity index (χ1v) is 8.31. The summed E-state index contributed by atoms with van der Waals surface area (Å²) in [5.74, 6) is -0.380. The number of halogens is 1. The normalized spacial score (nSPS) is 17.4. The van der Waals surface area contributed by atoms with Crippen LogP contribution in [0.2, 0.25) is 5.02 Å². The number of nitrogens with one attached hydrogen (secondary N) is 2. The van der Waals surface area contributed by atoms with E-state index in [-0.39, 0.29) is 17.9 Å². The highest BCUT2D eigenvalue weighted by atomic mass is 35.5. The summed E-state index contributed by atoms with van der Waals surface area (Å²) in [4.78, 5) is 24.3. The summed E-state index contributed by atoms with van der Waals surface area (Å²) in [5, 5.41) is 6.36. The molecule has 0 radical (unpaired) electrons. The maximum Gasteiger partial charge on any atom is 0.251 e. The van der Waals surface area contributed by atoms with Gasteiger partial charge < -0.3 is 10.6 Å². The molecule has 0 aromatic heterocycles. The van der Waals surface area contributed by atoms with Gasteiger partial charge in [0.2, 0.25) is 5.91 Å². The molecule has 0 saturated heterocycles. The fourth-order valence-corrected chi connectivity index (χ4v) is 2.82. The molecule has 4 nitrogen and oxygen atoms in total. The summed E-state index contributed by atoms with van der Waals surface area (Å²) in [5.41, 5.74) is 0.499. The third-order valence-corrected chi connectivity index (χ3v) is 4.30. The standard InChI is InChI=1S/C17H23ClN2O2/c1-12(16(21)20-15-6-4-2-3-5-7-15)19-17(22)13-8-10-14(18)11-9-13/h8-12,15H,2-7H2,1H3,(H,19,22)(H,20,21)/t12-/m0/s1. The van der Waals surface area contributed by atoms with Crippen LogP contribution in [0.25, 0.3) is 0 Å². The molecule has 0 heterocycles. The minimum absolute atomic E-state index is 0.116. The average molecular weight is 323 g/mol. The van der Waals surface area contributed by atoms with Crippen LogP contribution >= 0.6 is 11.6 Å². The molecule has 2 N–H and O–H groups in total. The van der Waals surface area contributed by atoms with E-state index in [0.717, 1.165) is 25.7 Å². The molecular formula is C17H23ClN2O2. The Balaban J connectivity index is 1.84. The Kier molecular flexibility index (Phi) is 6.25. The molecule has 0 unspecified atom stereocenters. The second kappa shape index (κ2) is 8.18. The van der Waals surface area contributed by atoms with Gasteiger partial charge in [0.25, 0.3) is 5.91 Å². The Hall–Kier alpha value is -1.55. The van der Waals surface area contributed by atoms with Crippen LogP contribution < -0.4 is 10.6 Å². The van der Waals surface area contributed by atoms with E-state index in [1.807, 2.05) is 0 Å². The number of benzene rings is 1. The van der Waals surface area contributed by atoms with Crippen LogP contribution in [0.15, 0.2) is 24.3 Å². The Bertz CT molecular complexity index is 508. The smallest absolute Gasteiger partial charge is 0.251 e. The van der Waals surface area contributed by atoms with Crippen molar-refractivity contribution in [2.24, 2.45) is 0 Å². The molecule has 0 spiro atoms. The van der Waals surface area contributed by atoms with E-state index in [4.69, 9.17) is 11.6 Å². The molecule has 1 aromatic rings. The van der Waals surface area contributed by atoms with Gasteiger partial charge in [-0.25, -0.2) is 0 Å². The number of carbonyl (C=O) groups excluding carboxylic acids is 2. The van der Waals surface area contributed by atoms with Gasteiger partial charge in [-0.1, -0.05) is 37.3 Å².